The van der Waals surface area contributed by atoms with Crippen molar-refractivity contribution in [3.05, 3.63) is 32.6 Å². The summed E-state index contributed by atoms with van der Waals surface area (Å²) < 4.78 is 2.40. The first-order chi connectivity index (χ1) is 5.57. The average molecular weight is 206 g/mol. The Labute approximate surface area is 81.2 Å². The number of nitrogens with two attached hydrogens (primary N) is 1. The van der Waals surface area contributed by atoms with Gasteiger partial charge in [-0.05, 0) is 0 Å². The third kappa shape index (κ3) is 1.99. The highest BCUT2D eigenvalue weighted by molar-refractivity contribution is 5.85. The first-order valence-electron chi connectivity index (χ1n) is 3.54. The van der Waals surface area contributed by atoms with Crippen molar-refractivity contribution in [2.75, 3.05) is 0 Å². The highest BCUT2D eigenvalue weighted by Crippen LogP contribution is 1.85. The van der Waals surface area contributed by atoms with E-state index in [0.717, 1.165) is 4.57 Å². The smallest absolute Gasteiger partial charge is 0.325 e. The molecule has 0 aliphatic heterocycles. The number of hydrogen-bond donors (Lipinski definition) is 1. The highest BCUT2D eigenvalue weighted by atomic mass is 35.5. The summed E-state index contributed by atoms with van der Waals surface area (Å²) in [5.74, 6) is 0. The normalized spacial score (nSPS) is 9.46. The summed E-state index contributed by atoms with van der Waals surface area (Å²) in [5, 5.41) is 0. The van der Waals surface area contributed by atoms with Gasteiger partial charge in [-0.25, -0.2) is 4.79 Å². The molecule has 5 nitrogen and oxygen atoms in total. The molecule has 1 aromatic heterocycles. The fraction of sp³-hybridized carbons (Fsp3) is 0.429. The maximum atomic E-state index is 11.2. The maximum Gasteiger partial charge on any atom is 0.330 e. The van der Waals surface area contributed by atoms with Crippen molar-refractivity contribution < 1.29 is 0 Å². The fourth-order valence-electron chi connectivity index (χ4n) is 0.974. The Kier molecular flexibility index (Phi) is 3.90. The highest BCUT2D eigenvalue weighted by Gasteiger charge is 2.02. The SMILES string of the molecule is Cl.Cn1c(CN)cc(=O)n(C)c1=O. The molecule has 13 heavy (non-hydrogen) atoms. The molecule has 1 rings (SSSR count). The van der Waals surface area contributed by atoms with Gasteiger partial charge in [0.15, 0.2) is 0 Å². The number of rotatable bonds is 1. The molecule has 0 unspecified atom stereocenters. The van der Waals surface area contributed by atoms with Gasteiger partial charge >= 0.3 is 5.69 Å². The van der Waals surface area contributed by atoms with Gasteiger partial charge in [-0.1, -0.05) is 0 Å². The summed E-state index contributed by atoms with van der Waals surface area (Å²) in [6.45, 7) is 0.196. The van der Waals surface area contributed by atoms with Crippen LogP contribution in [0.2, 0.25) is 0 Å². The van der Waals surface area contributed by atoms with Crippen molar-refractivity contribution in [1.29, 1.82) is 0 Å². The van der Waals surface area contributed by atoms with E-state index >= 15 is 0 Å². The lowest BCUT2D eigenvalue weighted by Crippen LogP contribution is -2.38. The van der Waals surface area contributed by atoms with Crippen LogP contribution in [0.3, 0.4) is 0 Å². The zero-order valence-corrected chi connectivity index (χ0v) is 8.30. The molecule has 0 amide bonds. The zero-order chi connectivity index (χ0) is 9.30. The van der Waals surface area contributed by atoms with Crippen molar-refractivity contribution in [2.45, 2.75) is 6.54 Å². The van der Waals surface area contributed by atoms with Gasteiger partial charge in [-0.2, -0.15) is 0 Å². The first-order valence-corrected chi connectivity index (χ1v) is 3.54. The quantitative estimate of drug-likeness (QED) is 0.637. The number of hydrogen-bond acceptors (Lipinski definition) is 3. The molecule has 74 valence electrons. The minimum atomic E-state index is -0.344. The molecule has 0 bridgehead atoms. The van der Waals surface area contributed by atoms with E-state index in [1.165, 1.54) is 17.7 Å². The minimum absolute atomic E-state index is 0. The Morgan fingerprint density at radius 2 is 1.85 bits per heavy atom. The Bertz CT molecular complexity index is 407. The van der Waals surface area contributed by atoms with Crippen LogP contribution in [0.1, 0.15) is 5.69 Å². The van der Waals surface area contributed by atoms with Gasteiger partial charge in [0, 0.05) is 32.4 Å². The molecule has 1 aromatic rings. The first kappa shape index (κ1) is 11.9. The van der Waals surface area contributed by atoms with Gasteiger partial charge in [0.2, 0.25) is 0 Å². The van der Waals surface area contributed by atoms with E-state index in [2.05, 4.69) is 0 Å². The number of nitrogens with zero attached hydrogens (tertiary/aromatic N) is 2. The van der Waals surface area contributed by atoms with E-state index in [4.69, 9.17) is 5.73 Å². The molecule has 0 saturated carbocycles. The van der Waals surface area contributed by atoms with Crippen molar-refractivity contribution in [3.63, 3.8) is 0 Å². The lowest BCUT2D eigenvalue weighted by molar-refractivity contribution is 0.650. The molecule has 1 heterocycles. The second kappa shape index (κ2) is 4.25. The lowest BCUT2D eigenvalue weighted by Gasteiger charge is -2.05. The zero-order valence-electron chi connectivity index (χ0n) is 7.48. The van der Waals surface area contributed by atoms with E-state index in [-0.39, 0.29) is 30.2 Å². The summed E-state index contributed by atoms with van der Waals surface area (Å²) in [6, 6.07) is 1.36. The molecule has 0 aliphatic rings. The molecule has 0 fully saturated rings. The van der Waals surface area contributed by atoms with Crippen LogP contribution in [-0.2, 0) is 20.6 Å². The predicted molar refractivity (Wildman–Crippen MR) is 52.1 cm³/mol. The molecule has 0 radical (unpaired) electrons. The van der Waals surface area contributed by atoms with Gasteiger partial charge in [-0.3, -0.25) is 13.9 Å². The van der Waals surface area contributed by atoms with Crippen molar-refractivity contribution in [2.24, 2.45) is 19.8 Å². The van der Waals surface area contributed by atoms with Crippen LogP contribution < -0.4 is 17.0 Å². The average Bonchev–Trinajstić information content (AvgIpc) is 2.08. The summed E-state index contributed by atoms with van der Waals surface area (Å²) >= 11 is 0. The Balaban J connectivity index is 0.00000144. The van der Waals surface area contributed by atoms with Gasteiger partial charge < -0.3 is 5.73 Å². The largest absolute Gasteiger partial charge is 0.330 e. The Morgan fingerprint density at radius 3 is 2.31 bits per heavy atom. The Morgan fingerprint density at radius 1 is 1.31 bits per heavy atom. The van der Waals surface area contributed by atoms with Gasteiger partial charge in [0.05, 0.1) is 0 Å². The van der Waals surface area contributed by atoms with Gasteiger partial charge in [0.1, 0.15) is 0 Å². The van der Waals surface area contributed by atoms with Crippen LogP contribution in [0, 0.1) is 0 Å². The maximum absolute atomic E-state index is 11.2. The molecular weight excluding hydrogens is 194 g/mol. The third-order valence-corrected chi connectivity index (χ3v) is 1.83. The molecular formula is C7H12ClN3O2. The predicted octanol–water partition coefficient (Wildman–Crippen LogP) is -1.04. The summed E-state index contributed by atoms with van der Waals surface area (Å²) in [7, 11) is 3.02. The molecule has 2 N–H and O–H groups in total. The standard InChI is InChI=1S/C7H11N3O2.ClH/c1-9-5(4-8)3-6(11)10(2)7(9)12;/h3H,4,8H2,1-2H3;1H. The van der Waals surface area contributed by atoms with Crippen LogP contribution in [0.25, 0.3) is 0 Å². The van der Waals surface area contributed by atoms with Crippen molar-refractivity contribution >= 4 is 12.4 Å². The van der Waals surface area contributed by atoms with Crippen molar-refractivity contribution in [1.82, 2.24) is 9.13 Å². The van der Waals surface area contributed by atoms with Crippen molar-refractivity contribution in [3.8, 4) is 0 Å². The molecule has 0 aliphatic carbocycles. The fourth-order valence-corrected chi connectivity index (χ4v) is 0.974. The summed E-state index contributed by atoms with van der Waals surface area (Å²) in [5.41, 5.74) is 5.21. The number of halogens is 1. The second-order valence-corrected chi connectivity index (χ2v) is 2.58. The topological polar surface area (TPSA) is 70.0 Å². The van der Waals surface area contributed by atoms with Gasteiger partial charge in [-0.15, -0.1) is 12.4 Å². The monoisotopic (exact) mass is 205 g/mol. The molecule has 0 spiro atoms. The molecule has 0 aromatic carbocycles. The van der Waals surface area contributed by atoms with E-state index < -0.39 is 0 Å². The minimum Gasteiger partial charge on any atom is -0.325 e. The molecule has 0 atom stereocenters. The Hall–Kier alpha value is -1.07. The molecule has 6 heteroatoms. The molecule has 0 saturated heterocycles. The van der Waals surface area contributed by atoms with E-state index in [1.807, 2.05) is 0 Å². The van der Waals surface area contributed by atoms with Crippen LogP contribution in [0.15, 0.2) is 15.7 Å². The summed E-state index contributed by atoms with van der Waals surface area (Å²) in [6.07, 6.45) is 0. The summed E-state index contributed by atoms with van der Waals surface area (Å²) in [4.78, 5) is 22.3. The van der Waals surface area contributed by atoms with Crippen LogP contribution in [0.4, 0.5) is 0 Å². The second-order valence-electron chi connectivity index (χ2n) is 2.58. The van der Waals surface area contributed by atoms with E-state index in [9.17, 15) is 9.59 Å². The van der Waals surface area contributed by atoms with Gasteiger partial charge in [0.25, 0.3) is 5.56 Å². The van der Waals surface area contributed by atoms with E-state index in [0.29, 0.717) is 5.69 Å². The van der Waals surface area contributed by atoms with E-state index in [1.54, 1.807) is 7.05 Å². The van der Waals surface area contributed by atoms with Crippen LogP contribution in [-0.4, -0.2) is 9.13 Å². The van der Waals surface area contributed by atoms with Crippen LogP contribution >= 0.6 is 12.4 Å². The third-order valence-electron chi connectivity index (χ3n) is 1.83. The lowest BCUT2D eigenvalue weighted by atomic mass is 10.4. The number of aromatic nitrogens is 2. The van der Waals surface area contributed by atoms with Crippen LogP contribution in [0.5, 0.6) is 0 Å².